The summed E-state index contributed by atoms with van der Waals surface area (Å²) < 4.78 is 1.62. The van der Waals surface area contributed by atoms with Crippen molar-refractivity contribution in [2.75, 3.05) is 0 Å². The molecule has 3 heteroatoms. The minimum Gasteiger partial charge on any atom is -0.518 e. The van der Waals surface area contributed by atoms with E-state index in [1.807, 2.05) is 0 Å². The predicted octanol–water partition coefficient (Wildman–Crippen LogP) is 40.9. The molecule has 0 saturated heterocycles. The third-order valence-corrected chi connectivity index (χ3v) is 25.0. The molecule has 0 amide bonds. The van der Waals surface area contributed by atoms with Gasteiger partial charge in [0.2, 0.25) is 11.4 Å². The van der Waals surface area contributed by atoms with E-state index in [0.717, 1.165) is 74.7 Å². The van der Waals surface area contributed by atoms with Gasteiger partial charge < -0.3 is 18.7 Å². The molecule has 0 aliphatic carbocycles. The van der Waals surface area contributed by atoms with Crippen molar-refractivity contribution in [2.24, 2.45) is 0 Å². The van der Waals surface area contributed by atoms with Gasteiger partial charge in [0, 0.05) is 22.3 Å². The van der Waals surface area contributed by atoms with Gasteiger partial charge in [0.05, 0.1) is 0 Å². The Kier molecular flexibility index (Phi) is 88.8. The molecule has 0 radical (unpaired) electrons. The summed E-state index contributed by atoms with van der Waals surface area (Å²) in [6, 6.07) is 14.5. The number of aryl methyl sites for hydroxylation is 2. The van der Waals surface area contributed by atoms with Gasteiger partial charge in [-0.3, -0.25) is 12.2 Å². The van der Waals surface area contributed by atoms with Crippen molar-refractivity contribution >= 4 is 23.5 Å². The Morgan fingerprint density at radius 1 is 0.241 bits per heavy atom. The largest absolute Gasteiger partial charge is 2.00 e. The average Bonchev–Trinajstić information content (AvgIpc) is 1.61. The molecule has 1 heterocycles. The topological polar surface area (TPSA) is 25.3 Å². The Morgan fingerprint density at radius 2 is 0.457 bits per heavy atom. The van der Waals surface area contributed by atoms with E-state index in [1.165, 1.54) is 501 Å². The number of hydrogen-bond acceptors (Lipinski definition) is 0. The molecule has 2 nitrogen and oxygen atoms in total. The first kappa shape index (κ1) is 113. The van der Waals surface area contributed by atoms with Crippen molar-refractivity contribution < 1.29 is 21.2 Å². The second-order valence-corrected chi connectivity index (χ2v) is 36.4. The zero-order valence-electron chi connectivity index (χ0n) is 79.6. The second kappa shape index (κ2) is 91.2. The quantitative estimate of drug-likeness (QED) is 0.0273. The first-order valence-electron chi connectivity index (χ1n) is 52.4. The Morgan fingerprint density at radius 3 is 0.698 bits per heavy atom. The van der Waals surface area contributed by atoms with Crippen molar-refractivity contribution in [1.82, 2.24) is 0 Å². The van der Waals surface area contributed by atoms with Crippen molar-refractivity contribution in [3.05, 3.63) is 124 Å². The fraction of sp³-hybridized carbons (Fsp3) is 0.788. The molecule has 0 saturated carbocycles. The number of allylic oxidation sites excluding steroid dienone is 6. The van der Waals surface area contributed by atoms with E-state index in [0.29, 0.717) is 0 Å². The van der Waals surface area contributed by atoms with E-state index in [-0.39, 0.29) is 16.5 Å². The van der Waals surface area contributed by atoms with E-state index in [2.05, 4.69) is 116 Å². The van der Waals surface area contributed by atoms with Crippen LogP contribution in [0.5, 0.6) is 0 Å². The zero-order valence-corrected chi connectivity index (χ0v) is 80.6. The molecule has 0 atom stereocenters. The van der Waals surface area contributed by atoms with Gasteiger partial charge in [0.25, 0.3) is 0 Å². The van der Waals surface area contributed by atoms with Gasteiger partial charge in [-0.15, -0.1) is 0 Å². The SMILES string of the molecule is CCCCCCCCCCCCCCC=Cc1cc(C=CCCCCCCCCCCCCCC)cc(C2=C(C)C(CCCC)=C(c3cc(CCCCCCCC)cc(CCCCCCCC)c3)[N+]2=[N-])c1.[CH-]=CCCCCCCCCCCCCCCCCCCCC.[CH-]=CCCCCCCCCCCCCCCCCCCCC.[Ni+2]. The van der Waals surface area contributed by atoms with Gasteiger partial charge in [0.15, 0.2) is 0 Å². The zero-order chi connectivity index (χ0) is 83.1. The van der Waals surface area contributed by atoms with E-state index in [9.17, 15) is 5.53 Å². The van der Waals surface area contributed by atoms with Gasteiger partial charge in [-0.25, -0.2) is 4.70 Å². The van der Waals surface area contributed by atoms with Crippen molar-refractivity contribution in [3.8, 4) is 0 Å². The van der Waals surface area contributed by atoms with Crippen molar-refractivity contribution in [2.45, 2.75) is 575 Å². The van der Waals surface area contributed by atoms with Crippen LogP contribution in [0.15, 0.2) is 71.8 Å². The normalized spacial score (nSPS) is 12.2. The fourth-order valence-corrected chi connectivity index (χ4v) is 17.4. The van der Waals surface area contributed by atoms with E-state index < -0.39 is 0 Å². The van der Waals surface area contributed by atoms with Crippen LogP contribution in [0.2, 0.25) is 0 Å². The number of nitrogens with zero attached hydrogens (tertiary/aromatic N) is 2. The van der Waals surface area contributed by atoms with Crippen LogP contribution in [0.1, 0.15) is 596 Å². The van der Waals surface area contributed by atoms with Crippen LogP contribution >= 0.6 is 0 Å². The van der Waals surface area contributed by atoms with E-state index >= 15 is 0 Å². The molecular formula is C113H200N2Ni. The maximum atomic E-state index is 12.7. The van der Waals surface area contributed by atoms with Crippen LogP contribution in [0.25, 0.3) is 29.1 Å². The third-order valence-electron chi connectivity index (χ3n) is 25.0. The summed E-state index contributed by atoms with van der Waals surface area (Å²) in [6.07, 6.45) is 124. The number of benzene rings is 2. The van der Waals surface area contributed by atoms with Gasteiger partial charge >= 0.3 is 16.5 Å². The molecular weight excluding hydrogens is 1440 g/mol. The second-order valence-electron chi connectivity index (χ2n) is 36.4. The van der Waals surface area contributed by atoms with Crippen LogP contribution in [0, 0.1) is 13.2 Å². The number of hydrogen-bond donors (Lipinski definition) is 0. The smallest absolute Gasteiger partial charge is 0.518 e. The van der Waals surface area contributed by atoms with Crippen LogP contribution < -0.4 is 0 Å². The van der Waals surface area contributed by atoms with Crippen molar-refractivity contribution in [3.63, 3.8) is 0 Å². The molecule has 3 rings (SSSR count). The Hall–Kier alpha value is -3.03. The number of unbranched alkanes of at least 4 members (excludes halogenated alkanes) is 71. The van der Waals surface area contributed by atoms with E-state index in [4.69, 9.17) is 13.2 Å². The molecule has 0 bridgehead atoms. The van der Waals surface area contributed by atoms with Crippen LogP contribution in [0.3, 0.4) is 0 Å². The summed E-state index contributed by atoms with van der Waals surface area (Å²) in [7, 11) is 0. The summed E-state index contributed by atoms with van der Waals surface area (Å²) in [5, 5.41) is 0. The molecule has 0 spiro atoms. The summed E-state index contributed by atoms with van der Waals surface area (Å²) in [4.78, 5) is 0. The molecule has 0 fully saturated rings. The maximum absolute atomic E-state index is 12.7. The van der Waals surface area contributed by atoms with E-state index in [1.54, 1.807) is 16.8 Å². The summed E-state index contributed by atoms with van der Waals surface area (Å²) >= 11 is 0. The molecule has 2 aromatic carbocycles. The van der Waals surface area contributed by atoms with Crippen LogP contribution in [-0.4, -0.2) is 4.70 Å². The molecule has 2 aromatic rings. The third kappa shape index (κ3) is 69.5. The minimum absolute atomic E-state index is 0. The summed E-state index contributed by atoms with van der Waals surface area (Å²) in [5.74, 6) is 0. The average molecular weight is 1650 g/mol. The Balaban J connectivity index is 0.00000238. The first-order chi connectivity index (χ1) is 56.8. The summed E-state index contributed by atoms with van der Waals surface area (Å²) in [5.41, 5.74) is 24.9. The Labute approximate surface area is 739 Å². The fourth-order valence-electron chi connectivity index (χ4n) is 17.4. The first-order valence-corrected chi connectivity index (χ1v) is 52.4. The van der Waals surface area contributed by atoms with Gasteiger partial charge in [0.1, 0.15) is 0 Å². The van der Waals surface area contributed by atoms with Crippen LogP contribution in [-0.2, 0) is 29.3 Å². The van der Waals surface area contributed by atoms with Crippen molar-refractivity contribution in [1.29, 1.82) is 0 Å². The van der Waals surface area contributed by atoms with Gasteiger partial charge in [-0.05, 0) is 124 Å². The van der Waals surface area contributed by atoms with Gasteiger partial charge in [-0.1, -0.05) is 535 Å². The molecule has 1 aliphatic rings. The molecule has 1 aliphatic heterocycles. The van der Waals surface area contributed by atoms with Gasteiger partial charge in [-0.2, -0.15) is 0 Å². The summed E-state index contributed by atoms with van der Waals surface area (Å²) in [6.45, 7) is 29.2. The Bertz CT molecular complexity index is 2420. The molecule has 0 aromatic heterocycles. The predicted molar refractivity (Wildman–Crippen MR) is 524 cm³/mol. The van der Waals surface area contributed by atoms with Crippen LogP contribution in [0.4, 0.5) is 0 Å². The minimum atomic E-state index is 0. The monoisotopic (exact) mass is 1640 g/mol. The molecule has 0 unspecified atom stereocenters. The maximum Gasteiger partial charge on any atom is 2.00 e. The molecule has 672 valence electrons. The number of rotatable bonds is 85. The molecule has 0 N–H and O–H groups in total. The standard InChI is InChI=1S/C69H114N2.2C22H43.Ni/c1-7-12-17-21-25-27-29-31-33-35-37-39-43-47-49-61-54-62(50-48-44-40-38-36-34-32-30-28-26-22-18-13-8-2)57-65(56-61)68-60(6)67(53-16-11-5)69(71(68)70)66-58-63(51-45-41-23-19-14-9-3)55-64(59-66)52-46-42-24-20-15-10-4;2*1-3-5-7-9-11-13-15-17-19-21-22-20-18-16-14-12-10-8-6-4-2;/h47-50,54-59H,7-46,51-53H2,1-6H3;2*1,3H,4-22H2,2H3;/q;2*-1;+2. The molecule has 116 heavy (non-hydrogen) atoms.